The average molecular weight is 403 g/mol. The number of anilines is 1. The van der Waals surface area contributed by atoms with Gasteiger partial charge in [-0.3, -0.25) is 0 Å². The summed E-state index contributed by atoms with van der Waals surface area (Å²) in [4.78, 5) is 0. The summed E-state index contributed by atoms with van der Waals surface area (Å²) in [6.07, 6.45) is 1.95. The van der Waals surface area contributed by atoms with Crippen LogP contribution in [0.25, 0.3) is 28.2 Å². The first-order chi connectivity index (χ1) is 15.3. The van der Waals surface area contributed by atoms with E-state index in [1.54, 1.807) is 0 Å². The van der Waals surface area contributed by atoms with Crippen molar-refractivity contribution in [1.82, 2.24) is 19.6 Å². The van der Waals surface area contributed by atoms with Crippen LogP contribution in [-0.2, 0) is 0 Å². The van der Waals surface area contributed by atoms with Crippen molar-refractivity contribution in [3.8, 4) is 28.2 Å². The third-order valence-corrected chi connectivity index (χ3v) is 5.70. The second-order valence-corrected chi connectivity index (χ2v) is 7.79. The fourth-order valence-corrected chi connectivity index (χ4v) is 4.29. The van der Waals surface area contributed by atoms with Crippen molar-refractivity contribution in [3.05, 3.63) is 108 Å². The van der Waals surface area contributed by atoms with Crippen LogP contribution in [0, 0.1) is 6.92 Å². The third-order valence-electron chi connectivity index (χ3n) is 5.70. The molecular formula is C26H21N5. The Kier molecular flexibility index (Phi) is 3.99. The monoisotopic (exact) mass is 403 g/mol. The van der Waals surface area contributed by atoms with Gasteiger partial charge in [0.05, 0.1) is 22.8 Å². The molecule has 1 aliphatic heterocycles. The number of hydrogen-bond acceptors (Lipinski definition) is 3. The van der Waals surface area contributed by atoms with E-state index in [1.165, 1.54) is 0 Å². The molecule has 5 heteroatoms. The molecule has 5 nitrogen and oxygen atoms in total. The zero-order valence-electron chi connectivity index (χ0n) is 17.1. The fourth-order valence-electron chi connectivity index (χ4n) is 4.29. The number of aromatic nitrogens is 4. The Labute approximate surface area is 180 Å². The molecule has 0 radical (unpaired) electrons. The zero-order valence-corrected chi connectivity index (χ0v) is 17.1. The molecule has 31 heavy (non-hydrogen) atoms. The number of para-hydroxylation sites is 2. The molecule has 0 fully saturated rings. The molecule has 3 aromatic carbocycles. The van der Waals surface area contributed by atoms with Gasteiger partial charge >= 0.3 is 0 Å². The Morgan fingerprint density at radius 1 is 0.806 bits per heavy atom. The average Bonchev–Trinajstić information content (AvgIpc) is 3.44. The molecule has 6 rings (SSSR count). The van der Waals surface area contributed by atoms with Gasteiger partial charge in [0.1, 0.15) is 0 Å². The van der Waals surface area contributed by atoms with Gasteiger partial charge in [-0.1, -0.05) is 66.7 Å². The summed E-state index contributed by atoms with van der Waals surface area (Å²) in [5.74, 6) is 0. The molecule has 0 saturated heterocycles. The minimum atomic E-state index is -0.161. The number of aryl methyl sites for hydroxylation is 1. The van der Waals surface area contributed by atoms with Crippen molar-refractivity contribution >= 4 is 5.69 Å². The van der Waals surface area contributed by atoms with Crippen molar-refractivity contribution in [2.24, 2.45) is 0 Å². The van der Waals surface area contributed by atoms with E-state index >= 15 is 0 Å². The number of benzene rings is 3. The first-order valence-electron chi connectivity index (χ1n) is 10.4. The predicted octanol–water partition coefficient (Wildman–Crippen LogP) is 5.68. The lowest BCUT2D eigenvalue weighted by Gasteiger charge is -2.29. The van der Waals surface area contributed by atoms with Crippen LogP contribution in [0.15, 0.2) is 97.2 Å². The van der Waals surface area contributed by atoms with Crippen molar-refractivity contribution in [2.45, 2.75) is 13.1 Å². The summed E-state index contributed by atoms with van der Waals surface area (Å²) in [5, 5.41) is 13.5. The largest absolute Gasteiger partial charge is 0.359 e. The lowest BCUT2D eigenvalue weighted by molar-refractivity contribution is 0.572. The molecule has 0 bridgehead atoms. The van der Waals surface area contributed by atoms with Gasteiger partial charge in [-0.2, -0.15) is 10.2 Å². The molecule has 0 aliphatic carbocycles. The second-order valence-electron chi connectivity index (χ2n) is 7.79. The van der Waals surface area contributed by atoms with E-state index < -0.39 is 0 Å². The highest BCUT2D eigenvalue weighted by Crippen LogP contribution is 2.40. The smallest absolute Gasteiger partial charge is 0.151 e. The quantitative estimate of drug-likeness (QED) is 0.421. The maximum atomic E-state index is 5.00. The molecule has 1 aliphatic rings. The van der Waals surface area contributed by atoms with Crippen LogP contribution in [0.2, 0.25) is 0 Å². The first kappa shape index (κ1) is 17.7. The molecule has 0 saturated carbocycles. The van der Waals surface area contributed by atoms with Crippen molar-refractivity contribution in [1.29, 1.82) is 0 Å². The Morgan fingerprint density at radius 2 is 1.52 bits per heavy atom. The highest BCUT2D eigenvalue weighted by Gasteiger charge is 2.30. The van der Waals surface area contributed by atoms with Gasteiger partial charge in [-0.15, -0.1) is 0 Å². The normalized spacial score (nSPS) is 14.5. The van der Waals surface area contributed by atoms with Gasteiger partial charge in [-0.25, -0.2) is 9.36 Å². The highest BCUT2D eigenvalue weighted by atomic mass is 15.4. The molecule has 0 unspecified atom stereocenters. The first-order valence-corrected chi connectivity index (χ1v) is 10.4. The van der Waals surface area contributed by atoms with Gasteiger partial charge < -0.3 is 5.32 Å². The van der Waals surface area contributed by atoms with Gasteiger partial charge in [0.15, 0.2) is 6.17 Å². The maximum Gasteiger partial charge on any atom is 0.151 e. The van der Waals surface area contributed by atoms with Crippen LogP contribution in [0.3, 0.4) is 0 Å². The lowest BCUT2D eigenvalue weighted by Crippen LogP contribution is -2.25. The zero-order chi connectivity index (χ0) is 20.8. The molecule has 0 amide bonds. The summed E-state index contributed by atoms with van der Waals surface area (Å²) < 4.78 is 4.03. The van der Waals surface area contributed by atoms with Crippen molar-refractivity contribution in [2.75, 3.05) is 5.32 Å². The molecule has 150 valence electrons. The van der Waals surface area contributed by atoms with Crippen LogP contribution in [0.5, 0.6) is 0 Å². The standard InChI is InChI=1S/C26H21N5/c1-18-16-24-21-14-8-9-15-23(21)27-26(31(24)28-18)22-17-30(20-12-6-3-7-13-20)29-25(22)19-10-4-2-5-11-19/h2-17,26-27H,1H3/t26-/m1/s1. The molecule has 1 N–H and O–H groups in total. The number of nitrogens with zero attached hydrogens (tertiary/aromatic N) is 4. The number of fused-ring (bicyclic) bond motifs is 3. The Balaban J connectivity index is 1.57. The van der Waals surface area contributed by atoms with Gasteiger partial charge in [0.2, 0.25) is 0 Å². The van der Waals surface area contributed by atoms with E-state index in [4.69, 9.17) is 10.2 Å². The van der Waals surface area contributed by atoms with E-state index in [0.29, 0.717) is 0 Å². The van der Waals surface area contributed by atoms with Crippen LogP contribution in [0.1, 0.15) is 17.4 Å². The molecule has 3 heterocycles. The topological polar surface area (TPSA) is 47.7 Å². The number of hydrogen-bond donors (Lipinski definition) is 1. The Bertz CT molecular complexity index is 1370. The highest BCUT2D eigenvalue weighted by molar-refractivity contribution is 5.79. The molecule has 1 atom stereocenters. The molecule has 5 aromatic rings. The maximum absolute atomic E-state index is 5.00. The lowest BCUT2D eigenvalue weighted by atomic mass is 10.0. The van der Waals surface area contributed by atoms with Gasteiger partial charge in [0.25, 0.3) is 0 Å². The minimum absolute atomic E-state index is 0.161. The van der Waals surface area contributed by atoms with E-state index in [9.17, 15) is 0 Å². The SMILES string of the molecule is Cc1cc2n(n1)[C@H](c1cn(-c3ccccc3)nc1-c1ccccc1)Nc1ccccc1-2. The van der Waals surface area contributed by atoms with Crippen molar-refractivity contribution in [3.63, 3.8) is 0 Å². The summed E-state index contributed by atoms with van der Waals surface area (Å²) in [7, 11) is 0. The van der Waals surface area contributed by atoms with Gasteiger partial charge in [-0.05, 0) is 31.2 Å². The molecule has 0 spiro atoms. The number of rotatable bonds is 3. The van der Waals surface area contributed by atoms with E-state index in [-0.39, 0.29) is 6.17 Å². The Hall–Kier alpha value is -4.12. The minimum Gasteiger partial charge on any atom is -0.359 e. The van der Waals surface area contributed by atoms with Crippen LogP contribution in [0.4, 0.5) is 5.69 Å². The van der Waals surface area contributed by atoms with Crippen LogP contribution >= 0.6 is 0 Å². The summed E-state index contributed by atoms with van der Waals surface area (Å²) >= 11 is 0. The number of nitrogens with one attached hydrogen (secondary N) is 1. The van der Waals surface area contributed by atoms with Crippen molar-refractivity contribution < 1.29 is 0 Å². The summed E-state index contributed by atoms with van der Waals surface area (Å²) in [6, 6.07) is 31.1. The fraction of sp³-hybridized carbons (Fsp3) is 0.0769. The van der Waals surface area contributed by atoms with Crippen LogP contribution in [-0.4, -0.2) is 19.6 Å². The second kappa shape index (κ2) is 6.99. The van der Waals surface area contributed by atoms with E-state index in [0.717, 1.165) is 45.1 Å². The molecular weight excluding hydrogens is 382 g/mol. The van der Waals surface area contributed by atoms with Gasteiger partial charge in [0, 0.05) is 28.6 Å². The van der Waals surface area contributed by atoms with E-state index in [1.807, 2.05) is 48.0 Å². The van der Waals surface area contributed by atoms with E-state index in [2.05, 4.69) is 70.8 Å². The third kappa shape index (κ3) is 2.94. The Morgan fingerprint density at radius 3 is 2.32 bits per heavy atom. The summed E-state index contributed by atoms with van der Waals surface area (Å²) in [5.41, 5.74) is 8.51. The van der Waals surface area contributed by atoms with Crippen LogP contribution < -0.4 is 5.32 Å². The summed E-state index contributed by atoms with van der Waals surface area (Å²) in [6.45, 7) is 2.04. The predicted molar refractivity (Wildman–Crippen MR) is 123 cm³/mol. The molecule has 2 aromatic heterocycles.